The summed E-state index contributed by atoms with van der Waals surface area (Å²) < 4.78 is 0. The van der Waals surface area contributed by atoms with Crippen LogP contribution in [-0.2, 0) is 0 Å². The molecule has 0 spiro atoms. The van der Waals surface area contributed by atoms with Crippen LogP contribution in [0.1, 0.15) is 61.1 Å². The van der Waals surface area contributed by atoms with Crippen LogP contribution in [0.2, 0.25) is 0 Å². The van der Waals surface area contributed by atoms with E-state index in [0.29, 0.717) is 12.1 Å². The number of hydrogen-bond acceptors (Lipinski definition) is 2. The molecular weight excluding hydrogens is 344 g/mol. The van der Waals surface area contributed by atoms with E-state index in [2.05, 4.69) is 66.7 Å². The van der Waals surface area contributed by atoms with Crippen LogP contribution in [0.25, 0.3) is 0 Å². The fourth-order valence-corrected chi connectivity index (χ4v) is 4.93. The number of thiophene rings is 1. The summed E-state index contributed by atoms with van der Waals surface area (Å²) in [5.41, 5.74) is 3.62. The van der Waals surface area contributed by atoms with E-state index in [4.69, 9.17) is 12.2 Å². The molecule has 0 aliphatic heterocycles. The molecule has 0 unspecified atom stereocenters. The lowest BCUT2D eigenvalue weighted by atomic mass is 9.93. The Morgan fingerprint density at radius 3 is 2.64 bits per heavy atom. The van der Waals surface area contributed by atoms with Crippen molar-refractivity contribution in [3.8, 4) is 0 Å². The lowest BCUT2D eigenvalue weighted by Gasteiger charge is -2.40. The highest BCUT2D eigenvalue weighted by atomic mass is 32.1. The minimum Gasteiger partial charge on any atom is -0.338 e. The first-order chi connectivity index (χ1) is 12.1. The fraction of sp³-hybridized carbons (Fsp3) is 0.476. The zero-order valence-electron chi connectivity index (χ0n) is 15.4. The molecule has 134 valence electrons. The maximum Gasteiger partial charge on any atom is 0.174 e. The van der Waals surface area contributed by atoms with Crippen LogP contribution < -0.4 is 5.32 Å². The monoisotopic (exact) mass is 372 g/mol. The van der Waals surface area contributed by atoms with Crippen LogP contribution in [0.15, 0.2) is 35.7 Å². The third-order valence-electron chi connectivity index (χ3n) is 5.21. The number of rotatable bonds is 4. The third kappa shape index (κ3) is 4.42. The summed E-state index contributed by atoms with van der Waals surface area (Å²) in [6, 6.07) is 11.7. The van der Waals surface area contributed by atoms with Gasteiger partial charge in [-0.05, 0) is 74.5 Å². The number of nitrogens with zero attached hydrogens (tertiary/aromatic N) is 1. The van der Waals surface area contributed by atoms with Gasteiger partial charge in [-0.15, -0.1) is 11.3 Å². The van der Waals surface area contributed by atoms with Gasteiger partial charge in [-0.3, -0.25) is 0 Å². The molecule has 1 heterocycles. The van der Waals surface area contributed by atoms with Crippen LogP contribution >= 0.6 is 23.6 Å². The first-order valence-electron chi connectivity index (χ1n) is 9.26. The van der Waals surface area contributed by atoms with Gasteiger partial charge in [-0.2, -0.15) is 0 Å². The molecule has 1 aromatic heterocycles. The van der Waals surface area contributed by atoms with E-state index in [9.17, 15) is 0 Å². The zero-order valence-corrected chi connectivity index (χ0v) is 17.1. The van der Waals surface area contributed by atoms with Crippen molar-refractivity contribution in [2.45, 2.75) is 65.0 Å². The maximum absolute atomic E-state index is 5.91. The zero-order chi connectivity index (χ0) is 17.8. The standard InChI is InChI=1S/C21H28N2S2/c1-15-11-12-16(2)19(14-15)22-21(24)23(18-8-5-4-6-9-18)17(3)20-10-7-13-25-20/h7,10-14,17-18H,4-6,8-9H2,1-3H3,(H,22,24)/t17-/m1/s1. The van der Waals surface area contributed by atoms with Crippen LogP contribution in [0.4, 0.5) is 5.69 Å². The van der Waals surface area contributed by atoms with Crippen molar-refractivity contribution in [3.63, 3.8) is 0 Å². The smallest absolute Gasteiger partial charge is 0.174 e. The van der Waals surface area contributed by atoms with Gasteiger partial charge >= 0.3 is 0 Å². The molecule has 4 heteroatoms. The van der Waals surface area contributed by atoms with Gasteiger partial charge in [0.25, 0.3) is 0 Å². The first-order valence-corrected chi connectivity index (χ1v) is 10.5. The molecule has 3 rings (SSSR count). The molecule has 2 nitrogen and oxygen atoms in total. The van der Waals surface area contributed by atoms with Crippen molar-refractivity contribution in [1.82, 2.24) is 4.90 Å². The van der Waals surface area contributed by atoms with Crippen molar-refractivity contribution in [3.05, 3.63) is 51.7 Å². The molecule has 1 N–H and O–H groups in total. The minimum absolute atomic E-state index is 0.313. The Kier molecular flexibility index (Phi) is 6.13. The highest BCUT2D eigenvalue weighted by Crippen LogP contribution is 2.33. The highest BCUT2D eigenvalue weighted by Gasteiger charge is 2.29. The molecular formula is C21H28N2S2. The number of benzene rings is 1. The largest absolute Gasteiger partial charge is 0.338 e. The van der Waals surface area contributed by atoms with E-state index in [0.717, 1.165) is 10.8 Å². The van der Waals surface area contributed by atoms with Crippen LogP contribution in [-0.4, -0.2) is 16.1 Å². The van der Waals surface area contributed by atoms with Crippen molar-refractivity contribution in [2.24, 2.45) is 0 Å². The van der Waals surface area contributed by atoms with Gasteiger partial charge in [-0.25, -0.2) is 0 Å². The Balaban J connectivity index is 1.84. The maximum atomic E-state index is 5.91. The predicted octanol–water partition coefficient (Wildman–Crippen LogP) is 6.46. The Bertz CT molecular complexity index is 703. The number of thiocarbonyl (C=S) groups is 1. The number of anilines is 1. The Hall–Kier alpha value is -1.39. The third-order valence-corrected chi connectivity index (χ3v) is 6.56. The first kappa shape index (κ1) is 18.4. The van der Waals surface area contributed by atoms with Crippen LogP contribution in [0, 0.1) is 13.8 Å². The molecule has 0 bridgehead atoms. The summed E-state index contributed by atoms with van der Waals surface area (Å²) in [5, 5.41) is 6.57. The Labute approximate surface area is 161 Å². The van der Waals surface area contributed by atoms with Gasteiger partial charge in [0, 0.05) is 16.6 Å². The second-order valence-electron chi connectivity index (χ2n) is 7.14. The van der Waals surface area contributed by atoms with Gasteiger partial charge in [0.15, 0.2) is 5.11 Å². The van der Waals surface area contributed by atoms with Crippen molar-refractivity contribution >= 4 is 34.4 Å². The van der Waals surface area contributed by atoms with Crippen molar-refractivity contribution in [1.29, 1.82) is 0 Å². The second-order valence-corrected chi connectivity index (χ2v) is 8.50. The Morgan fingerprint density at radius 2 is 1.96 bits per heavy atom. The van der Waals surface area contributed by atoms with Crippen molar-refractivity contribution < 1.29 is 0 Å². The molecule has 25 heavy (non-hydrogen) atoms. The van der Waals surface area contributed by atoms with Gasteiger partial charge in [0.05, 0.1) is 6.04 Å². The van der Waals surface area contributed by atoms with E-state index in [1.807, 2.05) is 11.3 Å². The molecule has 1 aliphatic carbocycles. The normalized spacial score (nSPS) is 16.4. The van der Waals surface area contributed by atoms with E-state index in [-0.39, 0.29) is 0 Å². The van der Waals surface area contributed by atoms with Crippen LogP contribution in [0.3, 0.4) is 0 Å². The van der Waals surface area contributed by atoms with Gasteiger partial charge in [0.2, 0.25) is 0 Å². The molecule has 0 radical (unpaired) electrons. The highest BCUT2D eigenvalue weighted by molar-refractivity contribution is 7.80. The second kappa shape index (κ2) is 8.33. The van der Waals surface area contributed by atoms with E-state index >= 15 is 0 Å². The SMILES string of the molecule is Cc1ccc(C)c(NC(=S)N(C2CCCCC2)[C@H](C)c2cccs2)c1. The lowest BCUT2D eigenvalue weighted by Crippen LogP contribution is -2.45. The number of nitrogens with one attached hydrogen (secondary N) is 1. The van der Waals surface area contributed by atoms with Gasteiger partial charge in [0.1, 0.15) is 0 Å². The average Bonchev–Trinajstić information content (AvgIpc) is 3.14. The number of aryl methyl sites for hydroxylation is 2. The number of hydrogen-bond donors (Lipinski definition) is 1. The molecule has 1 saturated carbocycles. The molecule has 1 fully saturated rings. The molecule has 2 aromatic rings. The summed E-state index contributed by atoms with van der Waals surface area (Å²) in [5.74, 6) is 0. The van der Waals surface area contributed by atoms with E-state index in [1.165, 1.54) is 48.1 Å². The Morgan fingerprint density at radius 1 is 1.20 bits per heavy atom. The summed E-state index contributed by atoms with van der Waals surface area (Å²) in [6.07, 6.45) is 6.46. The molecule has 1 aromatic carbocycles. The average molecular weight is 373 g/mol. The summed E-state index contributed by atoms with van der Waals surface area (Å²) >= 11 is 7.73. The minimum atomic E-state index is 0.313. The molecule has 0 amide bonds. The molecule has 1 aliphatic rings. The fourth-order valence-electron chi connectivity index (χ4n) is 3.73. The van der Waals surface area contributed by atoms with E-state index in [1.54, 1.807) is 0 Å². The van der Waals surface area contributed by atoms with Crippen LogP contribution in [0.5, 0.6) is 0 Å². The van der Waals surface area contributed by atoms with Gasteiger partial charge in [-0.1, -0.05) is 37.5 Å². The summed E-state index contributed by atoms with van der Waals surface area (Å²) in [7, 11) is 0. The predicted molar refractivity (Wildman–Crippen MR) is 114 cm³/mol. The molecule has 0 saturated heterocycles. The summed E-state index contributed by atoms with van der Waals surface area (Å²) in [4.78, 5) is 3.85. The quantitative estimate of drug-likeness (QED) is 0.620. The molecule has 1 atom stereocenters. The topological polar surface area (TPSA) is 15.3 Å². The van der Waals surface area contributed by atoms with Gasteiger partial charge < -0.3 is 10.2 Å². The van der Waals surface area contributed by atoms with E-state index < -0.39 is 0 Å². The van der Waals surface area contributed by atoms with Crippen molar-refractivity contribution in [2.75, 3.05) is 5.32 Å². The lowest BCUT2D eigenvalue weighted by molar-refractivity contribution is 0.205. The summed E-state index contributed by atoms with van der Waals surface area (Å²) in [6.45, 7) is 6.55.